The van der Waals surface area contributed by atoms with E-state index >= 15 is 0 Å². The summed E-state index contributed by atoms with van der Waals surface area (Å²) in [5, 5.41) is 8.00. The first-order valence-corrected chi connectivity index (χ1v) is 9.21. The lowest BCUT2D eigenvalue weighted by Gasteiger charge is -2.07. The lowest BCUT2D eigenvalue weighted by molar-refractivity contribution is -0.124. The summed E-state index contributed by atoms with van der Waals surface area (Å²) in [7, 11) is 0. The number of nitrogens with one attached hydrogen (secondary N) is 2. The van der Waals surface area contributed by atoms with E-state index in [4.69, 9.17) is 0 Å². The molecule has 0 spiro atoms. The topological polar surface area (TPSA) is 63.1 Å². The van der Waals surface area contributed by atoms with Crippen molar-refractivity contribution in [1.29, 1.82) is 0 Å². The maximum absolute atomic E-state index is 12.2. The van der Waals surface area contributed by atoms with Crippen LogP contribution in [0.15, 0.2) is 42.5 Å². The second kappa shape index (κ2) is 8.04. The van der Waals surface area contributed by atoms with Gasteiger partial charge in [0.05, 0.1) is 0 Å². The summed E-state index contributed by atoms with van der Waals surface area (Å²) in [6.45, 7) is 5.67. The summed E-state index contributed by atoms with van der Waals surface area (Å²) < 4.78 is 2.27. The minimum atomic E-state index is -0.143. The third-order valence-corrected chi connectivity index (χ3v) is 4.52. The molecule has 3 rings (SSSR count). The number of aryl methyl sites for hydroxylation is 1. The molecule has 136 valence electrons. The molecule has 0 saturated heterocycles. The van der Waals surface area contributed by atoms with E-state index in [1.54, 1.807) is 0 Å². The minimum absolute atomic E-state index is 0.0801. The van der Waals surface area contributed by atoms with Crippen molar-refractivity contribution in [3.8, 4) is 0 Å². The Bertz CT molecular complexity index is 943. The average Bonchev–Trinajstić information content (AvgIpc) is 2.98. The number of para-hydroxylation sites is 1. The van der Waals surface area contributed by atoms with Crippen molar-refractivity contribution in [2.45, 2.75) is 39.7 Å². The van der Waals surface area contributed by atoms with Gasteiger partial charge in [-0.3, -0.25) is 9.59 Å². The molecule has 0 fully saturated rings. The van der Waals surface area contributed by atoms with Gasteiger partial charge in [-0.25, -0.2) is 0 Å². The van der Waals surface area contributed by atoms with Crippen LogP contribution in [0.1, 0.15) is 33.1 Å². The lowest BCUT2D eigenvalue weighted by Crippen LogP contribution is -2.25. The van der Waals surface area contributed by atoms with Crippen LogP contribution < -0.4 is 10.6 Å². The Hall–Kier alpha value is -2.82. The lowest BCUT2D eigenvalue weighted by atomic mass is 10.1. The van der Waals surface area contributed by atoms with Crippen molar-refractivity contribution in [1.82, 2.24) is 9.88 Å². The summed E-state index contributed by atoms with van der Waals surface area (Å²) in [6.07, 6.45) is 1.29. The van der Waals surface area contributed by atoms with Gasteiger partial charge in [0.1, 0.15) is 0 Å². The SMILES string of the molecule is CCCNC(=O)CCC(=O)Nc1ccc2c(c1)c1ccccc1n2CC. The fraction of sp³-hybridized carbons (Fsp3) is 0.333. The zero-order chi connectivity index (χ0) is 18.5. The molecule has 0 atom stereocenters. The Kier molecular flexibility index (Phi) is 5.56. The van der Waals surface area contributed by atoms with Gasteiger partial charge >= 0.3 is 0 Å². The Morgan fingerprint density at radius 1 is 0.923 bits per heavy atom. The van der Waals surface area contributed by atoms with E-state index in [2.05, 4.69) is 34.3 Å². The zero-order valence-electron chi connectivity index (χ0n) is 15.3. The fourth-order valence-electron chi connectivity index (χ4n) is 3.28. The summed E-state index contributed by atoms with van der Waals surface area (Å²) in [5.41, 5.74) is 3.11. The molecule has 2 aromatic carbocycles. The zero-order valence-corrected chi connectivity index (χ0v) is 15.3. The Morgan fingerprint density at radius 2 is 1.65 bits per heavy atom. The van der Waals surface area contributed by atoms with E-state index < -0.39 is 0 Å². The molecule has 0 aliphatic heterocycles. The highest BCUT2D eigenvalue weighted by atomic mass is 16.2. The van der Waals surface area contributed by atoms with Crippen LogP contribution in [0.3, 0.4) is 0 Å². The number of rotatable bonds is 7. The Balaban J connectivity index is 1.76. The van der Waals surface area contributed by atoms with Crippen LogP contribution in [0.5, 0.6) is 0 Å². The number of hydrogen-bond acceptors (Lipinski definition) is 2. The van der Waals surface area contributed by atoms with E-state index in [-0.39, 0.29) is 24.7 Å². The summed E-state index contributed by atoms with van der Waals surface area (Å²) in [4.78, 5) is 23.8. The highest BCUT2D eigenvalue weighted by molar-refractivity contribution is 6.09. The van der Waals surface area contributed by atoms with E-state index in [9.17, 15) is 9.59 Å². The van der Waals surface area contributed by atoms with Crippen LogP contribution >= 0.6 is 0 Å². The number of aromatic nitrogens is 1. The molecule has 0 bridgehead atoms. The third kappa shape index (κ3) is 3.72. The van der Waals surface area contributed by atoms with Crippen molar-refractivity contribution in [3.63, 3.8) is 0 Å². The summed E-state index contributed by atoms with van der Waals surface area (Å²) in [5.74, 6) is -0.223. The van der Waals surface area contributed by atoms with Crippen molar-refractivity contribution in [2.75, 3.05) is 11.9 Å². The molecule has 0 aliphatic rings. The number of carbonyl (C=O) groups is 2. The standard InChI is InChI=1S/C21H25N3O2/c1-3-13-22-20(25)11-12-21(26)23-15-9-10-19-17(14-15)16-7-5-6-8-18(16)24(19)4-2/h5-10,14H,3-4,11-13H2,1-2H3,(H,22,25)(H,23,26). The predicted molar refractivity (Wildman–Crippen MR) is 106 cm³/mol. The van der Waals surface area contributed by atoms with Crippen LogP contribution in [0.25, 0.3) is 21.8 Å². The van der Waals surface area contributed by atoms with E-state index in [1.165, 1.54) is 10.9 Å². The molecule has 1 heterocycles. The number of fused-ring (bicyclic) bond motifs is 3. The average molecular weight is 351 g/mol. The van der Waals surface area contributed by atoms with Crippen LogP contribution in [0.4, 0.5) is 5.69 Å². The van der Waals surface area contributed by atoms with Gasteiger partial charge in [-0.1, -0.05) is 25.1 Å². The number of hydrogen-bond donors (Lipinski definition) is 2. The van der Waals surface area contributed by atoms with Crippen LogP contribution in [-0.2, 0) is 16.1 Å². The maximum Gasteiger partial charge on any atom is 0.224 e. The van der Waals surface area contributed by atoms with Gasteiger partial charge < -0.3 is 15.2 Å². The molecular formula is C21H25N3O2. The molecule has 1 aromatic heterocycles. The smallest absolute Gasteiger partial charge is 0.224 e. The molecule has 0 aliphatic carbocycles. The van der Waals surface area contributed by atoms with Gasteiger partial charge in [-0.05, 0) is 37.6 Å². The fourth-order valence-corrected chi connectivity index (χ4v) is 3.28. The minimum Gasteiger partial charge on any atom is -0.356 e. The molecule has 5 heteroatoms. The number of carbonyl (C=O) groups excluding carboxylic acids is 2. The molecule has 0 saturated carbocycles. The highest BCUT2D eigenvalue weighted by Gasteiger charge is 2.11. The molecular weight excluding hydrogens is 326 g/mol. The van der Waals surface area contributed by atoms with Gasteiger partial charge in [0, 0.05) is 53.4 Å². The largest absolute Gasteiger partial charge is 0.356 e. The first kappa shape index (κ1) is 18.0. The van der Waals surface area contributed by atoms with Crippen LogP contribution in [-0.4, -0.2) is 22.9 Å². The second-order valence-electron chi connectivity index (χ2n) is 6.39. The molecule has 2 N–H and O–H groups in total. The summed E-state index contributed by atoms with van der Waals surface area (Å²) in [6, 6.07) is 14.3. The monoisotopic (exact) mass is 351 g/mol. The third-order valence-electron chi connectivity index (χ3n) is 4.52. The normalized spacial score (nSPS) is 11.0. The summed E-state index contributed by atoms with van der Waals surface area (Å²) >= 11 is 0. The second-order valence-corrected chi connectivity index (χ2v) is 6.39. The number of benzene rings is 2. The van der Waals surface area contributed by atoms with Crippen molar-refractivity contribution in [2.24, 2.45) is 0 Å². The highest BCUT2D eigenvalue weighted by Crippen LogP contribution is 2.30. The quantitative estimate of drug-likeness (QED) is 0.674. The Labute approximate surface area is 153 Å². The Morgan fingerprint density at radius 3 is 2.42 bits per heavy atom. The molecule has 26 heavy (non-hydrogen) atoms. The van der Waals surface area contributed by atoms with Crippen molar-refractivity contribution < 1.29 is 9.59 Å². The van der Waals surface area contributed by atoms with Gasteiger partial charge in [0.2, 0.25) is 11.8 Å². The van der Waals surface area contributed by atoms with Gasteiger partial charge in [0.15, 0.2) is 0 Å². The van der Waals surface area contributed by atoms with Crippen LogP contribution in [0, 0.1) is 0 Å². The van der Waals surface area contributed by atoms with E-state index in [1.807, 2.05) is 37.3 Å². The predicted octanol–water partition coefficient (Wildman–Crippen LogP) is 4.06. The number of amides is 2. The molecule has 2 amide bonds. The van der Waals surface area contributed by atoms with Crippen molar-refractivity contribution >= 4 is 39.3 Å². The van der Waals surface area contributed by atoms with E-state index in [0.29, 0.717) is 6.54 Å². The molecule has 5 nitrogen and oxygen atoms in total. The maximum atomic E-state index is 12.2. The molecule has 0 radical (unpaired) electrons. The van der Waals surface area contributed by atoms with Crippen LogP contribution in [0.2, 0.25) is 0 Å². The first-order chi connectivity index (χ1) is 12.6. The van der Waals surface area contributed by atoms with Crippen molar-refractivity contribution in [3.05, 3.63) is 42.5 Å². The molecule has 3 aromatic rings. The van der Waals surface area contributed by atoms with Gasteiger partial charge in [-0.15, -0.1) is 0 Å². The van der Waals surface area contributed by atoms with Gasteiger partial charge in [-0.2, -0.15) is 0 Å². The number of nitrogens with zero attached hydrogens (tertiary/aromatic N) is 1. The number of anilines is 1. The van der Waals surface area contributed by atoms with E-state index in [0.717, 1.165) is 29.6 Å². The van der Waals surface area contributed by atoms with Gasteiger partial charge in [0.25, 0.3) is 0 Å². The first-order valence-electron chi connectivity index (χ1n) is 9.21. The molecule has 0 unspecified atom stereocenters.